The van der Waals surface area contributed by atoms with Crippen molar-refractivity contribution in [2.75, 3.05) is 17.7 Å². The lowest BCUT2D eigenvalue weighted by molar-refractivity contribution is 0.102. The fraction of sp³-hybridized carbons (Fsp3) is 0.235. The summed E-state index contributed by atoms with van der Waals surface area (Å²) in [5.41, 5.74) is 5.78. The molecule has 104 valence electrons. The Morgan fingerprint density at radius 1 is 0.900 bits per heavy atom. The van der Waals surface area contributed by atoms with Gasteiger partial charge < -0.3 is 10.6 Å². The fourth-order valence-corrected chi connectivity index (χ4v) is 2.32. The molecule has 2 aromatic rings. The van der Waals surface area contributed by atoms with Crippen LogP contribution in [0.15, 0.2) is 36.4 Å². The molecule has 0 aliphatic heterocycles. The molecule has 0 atom stereocenters. The summed E-state index contributed by atoms with van der Waals surface area (Å²) in [6.07, 6.45) is 0. The van der Waals surface area contributed by atoms with Crippen LogP contribution in [0.25, 0.3) is 0 Å². The van der Waals surface area contributed by atoms with Gasteiger partial charge >= 0.3 is 0 Å². The van der Waals surface area contributed by atoms with Crippen molar-refractivity contribution in [3.63, 3.8) is 0 Å². The van der Waals surface area contributed by atoms with Crippen molar-refractivity contribution >= 4 is 17.3 Å². The van der Waals surface area contributed by atoms with Crippen LogP contribution >= 0.6 is 0 Å². The van der Waals surface area contributed by atoms with E-state index in [2.05, 4.69) is 16.7 Å². The van der Waals surface area contributed by atoms with Crippen molar-refractivity contribution in [1.82, 2.24) is 0 Å². The van der Waals surface area contributed by atoms with Crippen LogP contribution in [0.2, 0.25) is 0 Å². The highest BCUT2D eigenvalue weighted by Gasteiger charge is 2.10. The molecule has 3 heteroatoms. The minimum absolute atomic E-state index is 0.0739. The third kappa shape index (κ3) is 3.18. The van der Waals surface area contributed by atoms with E-state index in [1.807, 2.05) is 58.2 Å². The SMILES string of the molecule is CNc1ccc(C(=O)Nc2cc(C)cc(C)c2)c(C)c1. The highest BCUT2D eigenvalue weighted by atomic mass is 16.1. The van der Waals surface area contributed by atoms with E-state index in [1.54, 1.807) is 0 Å². The van der Waals surface area contributed by atoms with Gasteiger partial charge in [-0.15, -0.1) is 0 Å². The Morgan fingerprint density at radius 2 is 1.55 bits per heavy atom. The van der Waals surface area contributed by atoms with Crippen LogP contribution in [0, 0.1) is 20.8 Å². The summed E-state index contributed by atoms with van der Waals surface area (Å²) in [6.45, 7) is 5.99. The quantitative estimate of drug-likeness (QED) is 0.886. The number of hydrogen-bond donors (Lipinski definition) is 2. The summed E-state index contributed by atoms with van der Waals surface area (Å²) in [4.78, 5) is 12.3. The number of aryl methyl sites for hydroxylation is 3. The van der Waals surface area contributed by atoms with Gasteiger partial charge in [0.25, 0.3) is 5.91 Å². The van der Waals surface area contributed by atoms with Crippen LogP contribution in [0.3, 0.4) is 0 Å². The maximum absolute atomic E-state index is 12.3. The fourth-order valence-electron chi connectivity index (χ4n) is 2.32. The number of rotatable bonds is 3. The molecule has 3 nitrogen and oxygen atoms in total. The predicted molar refractivity (Wildman–Crippen MR) is 84.6 cm³/mol. The first-order chi connectivity index (χ1) is 9.49. The summed E-state index contributed by atoms with van der Waals surface area (Å²) in [5.74, 6) is -0.0739. The van der Waals surface area contributed by atoms with Crippen molar-refractivity contribution < 1.29 is 4.79 Å². The van der Waals surface area contributed by atoms with Gasteiger partial charge in [0.15, 0.2) is 0 Å². The van der Waals surface area contributed by atoms with Gasteiger partial charge in [-0.2, -0.15) is 0 Å². The van der Waals surface area contributed by atoms with Gasteiger partial charge in [-0.3, -0.25) is 4.79 Å². The first-order valence-electron chi connectivity index (χ1n) is 6.67. The van der Waals surface area contributed by atoms with Crippen molar-refractivity contribution in [3.05, 3.63) is 58.7 Å². The number of anilines is 2. The zero-order valence-corrected chi connectivity index (χ0v) is 12.4. The van der Waals surface area contributed by atoms with Gasteiger partial charge in [-0.1, -0.05) is 6.07 Å². The molecule has 0 unspecified atom stereocenters. The van der Waals surface area contributed by atoms with E-state index in [0.29, 0.717) is 5.56 Å². The molecule has 2 aromatic carbocycles. The number of carbonyl (C=O) groups excluding carboxylic acids is 1. The third-order valence-electron chi connectivity index (χ3n) is 3.24. The Kier molecular flexibility index (Phi) is 4.08. The van der Waals surface area contributed by atoms with Crippen LogP contribution in [0.4, 0.5) is 11.4 Å². The molecule has 0 bridgehead atoms. The normalized spacial score (nSPS) is 10.2. The molecule has 0 aliphatic carbocycles. The second-order valence-corrected chi connectivity index (χ2v) is 5.11. The lowest BCUT2D eigenvalue weighted by Crippen LogP contribution is -2.13. The molecule has 0 fully saturated rings. The van der Waals surface area contributed by atoms with Crippen molar-refractivity contribution in [2.45, 2.75) is 20.8 Å². The van der Waals surface area contributed by atoms with Crippen LogP contribution in [-0.4, -0.2) is 13.0 Å². The van der Waals surface area contributed by atoms with E-state index >= 15 is 0 Å². The average Bonchev–Trinajstić information content (AvgIpc) is 2.36. The third-order valence-corrected chi connectivity index (χ3v) is 3.24. The van der Waals surface area contributed by atoms with E-state index in [1.165, 1.54) is 0 Å². The average molecular weight is 268 g/mol. The number of nitrogens with one attached hydrogen (secondary N) is 2. The molecule has 2 rings (SSSR count). The maximum Gasteiger partial charge on any atom is 0.255 e. The highest BCUT2D eigenvalue weighted by Crippen LogP contribution is 2.18. The molecule has 0 saturated carbocycles. The van der Waals surface area contributed by atoms with Gasteiger partial charge in [-0.05, 0) is 67.8 Å². The Bertz CT molecular complexity index is 627. The van der Waals surface area contributed by atoms with E-state index in [0.717, 1.165) is 28.1 Å². The van der Waals surface area contributed by atoms with E-state index in [-0.39, 0.29) is 5.91 Å². The topological polar surface area (TPSA) is 41.1 Å². The first kappa shape index (κ1) is 14.1. The second-order valence-electron chi connectivity index (χ2n) is 5.11. The van der Waals surface area contributed by atoms with Gasteiger partial charge in [-0.25, -0.2) is 0 Å². The zero-order chi connectivity index (χ0) is 14.7. The number of benzene rings is 2. The van der Waals surface area contributed by atoms with Crippen molar-refractivity contribution in [1.29, 1.82) is 0 Å². The molecule has 0 radical (unpaired) electrons. The largest absolute Gasteiger partial charge is 0.388 e. The van der Waals surface area contributed by atoms with Crippen molar-refractivity contribution in [2.24, 2.45) is 0 Å². The molecular formula is C17H20N2O. The second kappa shape index (κ2) is 5.78. The lowest BCUT2D eigenvalue weighted by atomic mass is 10.1. The minimum Gasteiger partial charge on any atom is -0.388 e. The monoisotopic (exact) mass is 268 g/mol. The molecule has 0 saturated heterocycles. The predicted octanol–water partition coefficient (Wildman–Crippen LogP) is 3.91. The molecule has 1 amide bonds. The molecule has 0 aromatic heterocycles. The smallest absolute Gasteiger partial charge is 0.255 e. The summed E-state index contributed by atoms with van der Waals surface area (Å²) < 4.78 is 0. The summed E-state index contributed by atoms with van der Waals surface area (Å²) in [6, 6.07) is 11.8. The summed E-state index contributed by atoms with van der Waals surface area (Å²) in [5, 5.41) is 6.03. The van der Waals surface area contributed by atoms with Gasteiger partial charge in [0.1, 0.15) is 0 Å². The summed E-state index contributed by atoms with van der Waals surface area (Å²) in [7, 11) is 1.87. The molecular weight excluding hydrogens is 248 g/mol. The standard InChI is InChI=1S/C17H20N2O/c1-11-7-12(2)9-15(8-11)19-17(20)16-6-5-14(18-4)10-13(16)3/h5-10,18H,1-4H3,(H,19,20). The molecule has 0 spiro atoms. The molecule has 20 heavy (non-hydrogen) atoms. The van der Waals surface area contributed by atoms with E-state index < -0.39 is 0 Å². The van der Waals surface area contributed by atoms with Gasteiger partial charge in [0.05, 0.1) is 0 Å². The summed E-state index contributed by atoms with van der Waals surface area (Å²) >= 11 is 0. The Labute approximate surface area is 120 Å². The van der Waals surface area contributed by atoms with Crippen LogP contribution < -0.4 is 10.6 Å². The number of carbonyl (C=O) groups is 1. The lowest BCUT2D eigenvalue weighted by Gasteiger charge is -2.10. The zero-order valence-electron chi connectivity index (χ0n) is 12.4. The van der Waals surface area contributed by atoms with E-state index in [9.17, 15) is 4.79 Å². The highest BCUT2D eigenvalue weighted by molar-refractivity contribution is 6.05. The Balaban J connectivity index is 2.23. The first-order valence-corrected chi connectivity index (χ1v) is 6.67. The van der Waals surface area contributed by atoms with Gasteiger partial charge in [0, 0.05) is 24.0 Å². The van der Waals surface area contributed by atoms with Crippen LogP contribution in [0.5, 0.6) is 0 Å². The van der Waals surface area contributed by atoms with Crippen molar-refractivity contribution in [3.8, 4) is 0 Å². The molecule has 2 N–H and O–H groups in total. The molecule has 0 aliphatic rings. The van der Waals surface area contributed by atoms with Crippen LogP contribution in [-0.2, 0) is 0 Å². The Morgan fingerprint density at radius 3 is 2.10 bits per heavy atom. The van der Waals surface area contributed by atoms with Crippen LogP contribution in [0.1, 0.15) is 27.0 Å². The minimum atomic E-state index is -0.0739. The van der Waals surface area contributed by atoms with E-state index in [4.69, 9.17) is 0 Å². The number of hydrogen-bond acceptors (Lipinski definition) is 2. The van der Waals surface area contributed by atoms with Gasteiger partial charge in [0.2, 0.25) is 0 Å². The molecule has 0 heterocycles. The Hall–Kier alpha value is -2.29. The maximum atomic E-state index is 12.3. The number of amides is 1.